The van der Waals surface area contributed by atoms with Crippen molar-refractivity contribution in [2.24, 2.45) is 0 Å². The van der Waals surface area contributed by atoms with Gasteiger partial charge in [0.25, 0.3) is 0 Å². The molecule has 0 bridgehead atoms. The number of ether oxygens (including phenoxy) is 1. The Hall–Kier alpha value is -2.50. The van der Waals surface area contributed by atoms with Gasteiger partial charge in [-0.25, -0.2) is 4.98 Å². The van der Waals surface area contributed by atoms with E-state index in [-0.39, 0.29) is 5.91 Å². The lowest BCUT2D eigenvalue weighted by molar-refractivity contribution is -0.132. The normalized spacial score (nSPS) is 15.2. The summed E-state index contributed by atoms with van der Waals surface area (Å²) in [5.41, 5.74) is 1.07. The minimum atomic E-state index is 0.264. The number of piperidine rings is 1. The van der Waals surface area contributed by atoms with Crippen LogP contribution >= 0.6 is 0 Å². The van der Waals surface area contributed by atoms with E-state index in [0.717, 1.165) is 50.3 Å². The summed E-state index contributed by atoms with van der Waals surface area (Å²) in [6, 6.07) is 8.39. The van der Waals surface area contributed by atoms with E-state index < -0.39 is 0 Å². The van der Waals surface area contributed by atoms with E-state index in [1.807, 2.05) is 33.9 Å². The van der Waals surface area contributed by atoms with Crippen LogP contribution in [0.15, 0.2) is 43.0 Å². The summed E-state index contributed by atoms with van der Waals surface area (Å²) in [5.74, 6) is 1.12. The maximum atomic E-state index is 12.3. The highest BCUT2D eigenvalue weighted by Gasteiger charge is 2.22. The predicted molar refractivity (Wildman–Crippen MR) is 97.7 cm³/mol. The van der Waals surface area contributed by atoms with E-state index in [9.17, 15) is 4.79 Å². The van der Waals surface area contributed by atoms with Crippen molar-refractivity contribution >= 4 is 11.6 Å². The van der Waals surface area contributed by atoms with Crippen LogP contribution < -0.4 is 10.1 Å². The van der Waals surface area contributed by atoms with Gasteiger partial charge in [0, 0.05) is 56.2 Å². The van der Waals surface area contributed by atoms with Gasteiger partial charge in [0.15, 0.2) is 0 Å². The molecule has 1 fully saturated rings. The SMILES string of the molecule is COc1cccc(NC2CCN(C(=O)CCCn3ccnc3)CC2)c1. The molecule has 1 aromatic carbocycles. The fraction of sp³-hybridized carbons (Fsp3) is 0.474. The second-order valence-electron chi connectivity index (χ2n) is 6.44. The molecular weight excluding hydrogens is 316 g/mol. The number of aryl methyl sites for hydroxylation is 1. The number of hydrogen-bond donors (Lipinski definition) is 1. The van der Waals surface area contributed by atoms with E-state index in [1.54, 1.807) is 19.6 Å². The van der Waals surface area contributed by atoms with Gasteiger partial charge in [-0.2, -0.15) is 0 Å². The molecule has 0 aliphatic carbocycles. The largest absolute Gasteiger partial charge is 0.497 e. The monoisotopic (exact) mass is 342 g/mol. The van der Waals surface area contributed by atoms with Crippen molar-refractivity contribution in [3.8, 4) is 5.75 Å². The van der Waals surface area contributed by atoms with Crippen molar-refractivity contribution in [2.45, 2.75) is 38.3 Å². The first-order chi connectivity index (χ1) is 12.2. The number of benzene rings is 1. The fourth-order valence-corrected chi connectivity index (χ4v) is 3.21. The lowest BCUT2D eigenvalue weighted by Gasteiger charge is -2.33. The summed E-state index contributed by atoms with van der Waals surface area (Å²) in [6.07, 6.45) is 8.90. The molecule has 1 aliphatic rings. The maximum Gasteiger partial charge on any atom is 0.222 e. The molecular formula is C19H26N4O2. The van der Waals surface area contributed by atoms with Crippen molar-refractivity contribution < 1.29 is 9.53 Å². The van der Waals surface area contributed by atoms with Crippen LogP contribution in [0.1, 0.15) is 25.7 Å². The smallest absolute Gasteiger partial charge is 0.222 e. The van der Waals surface area contributed by atoms with E-state index in [2.05, 4.69) is 16.4 Å². The van der Waals surface area contributed by atoms with Gasteiger partial charge in [0.2, 0.25) is 5.91 Å². The predicted octanol–water partition coefficient (Wildman–Crippen LogP) is 2.78. The Morgan fingerprint density at radius 1 is 1.36 bits per heavy atom. The molecule has 0 saturated carbocycles. The number of carbonyl (C=O) groups is 1. The van der Waals surface area contributed by atoms with Crippen LogP contribution in [0.25, 0.3) is 0 Å². The molecule has 0 radical (unpaired) electrons. The Labute approximate surface area is 148 Å². The number of aromatic nitrogens is 2. The summed E-state index contributed by atoms with van der Waals surface area (Å²) in [4.78, 5) is 18.4. The van der Waals surface area contributed by atoms with Gasteiger partial charge in [-0.1, -0.05) is 6.07 Å². The first-order valence-electron chi connectivity index (χ1n) is 8.89. The van der Waals surface area contributed by atoms with Crippen LogP contribution in [-0.4, -0.2) is 46.6 Å². The first kappa shape index (κ1) is 17.3. The highest BCUT2D eigenvalue weighted by atomic mass is 16.5. The summed E-state index contributed by atoms with van der Waals surface area (Å²) in [6.45, 7) is 2.50. The second-order valence-corrected chi connectivity index (χ2v) is 6.44. The van der Waals surface area contributed by atoms with E-state index >= 15 is 0 Å². The molecule has 25 heavy (non-hydrogen) atoms. The number of hydrogen-bond acceptors (Lipinski definition) is 4. The van der Waals surface area contributed by atoms with Gasteiger partial charge in [-0.05, 0) is 31.4 Å². The number of rotatable bonds is 7. The Morgan fingerprint density at radius 2 is 2.20 bits per heavy atom. The summed E-state index contributed by atoms with van der Waals surface area (Å²) in [5, 5.41) is 3.55. The first-order valence-corrected chi connectivity index (χ1v) is 8.89. The summed E-state index contributed by atoms with van der Waals surface area (Å²) >= 11 is 0. The van der Waals surface area contributed by atoms with Crippen molar-refractivity contribution in [1.29, 1.82) is 0 Å². The van der Waals surface area contributed by atoms with E-state index in [1.165, 1.54) is 0 Å². The van der Waals surface area contributed by atoms with Crippen LogP contribution in [0.3, 0.4) is 0 Å². The Balaban J connectivity index is 1.39. The fourth-order valence-electron chi connectivity index (χ4n) is 3.21. The average Bonchev–Trinajstić information content (AvgIpc) is 3.16. The molecule has 134 valence electrons. The van der Waals surface area contributed by atoms with Crippen LogP contribution in [0.5, 0.6) is 5.75 Å². The van der Waals surface area contributed by atoms with Gasteiger partial charge >= 0.3 is 0 Å². The van der Waals surface area contributed by atoms with Crippen LogP contribution in [-0.2, 0) is 11.3 Å². The van der Waals surface area contributed by atoms with Crippen molar-refractivity contribution in [3.05, 3.63) is 43.0 Å². The minimum Gasteiger partial charge on any atom is -0.497 e. The molecule has 6 nitrogen and oxygen atoms in total. The molecule has 0 atom stereocenters. The third kappa shape index (κ3) is 4.98. The zero-order valence-electron chi connectivity index (χ0n) is 14.7. The van der Waals surface area contributed by atoms with Crippen molar-refractivity contribution in [3.63, 3.8) is 0 Å². The number of methoxy groups -OCH3 is 1. The van der Waals surface area contributed by atoms with Crippen LogP contribution in [0.2, 0.25) is 0 Å². The number of nitrogens with one attached hydrogen (secondary N) is 1. The number of carbonyl (C=O) groups excluding carboxylic acids is 1. The Morgan fingerprint density at radius 3 is 2.92 bits per heavy atom. The topological polar surface area (TPSA) is 59.4 Å². The van der Waals surface area contributed by atoms with Crippen LogP contribution in [0.4, 0.5) is 5.69 Å². The van der Waals surface area contributed by atoms with E-state index in [4.69, 9.17) is 4.74 Å². The molecule has 1 aliphatic heterocycles. The molecule has 2 heterocycles. The van der Waals surface area contributed by atoms with Crippen molar-refractivity contribution in [1.82, 2.24) is 14.5 Å². The maximum absolute atomic E-state index is 12.3. The Bertz CT molecular complexity index is 664. The quantitative estimate of drug-likeness (QED) is 0.840. The van der Waals surface area contributed by atoms with Crippen molar-refractivity contribution in [2.75, 3.05) is 25.5 Å². The molecule has 1 N–H and O–H groups in total. The molecule has 3 rings (SSSR count). The van der Waals surface area contributed by atoms with Gasteiger partial charge in [0.1, 0.15) is 5.75 Å². The third-order valence-electron chi connectivity index (χ3n) is 4.65. The summed E-state index contributed by atoms with van der Waals surface area (Å²) in [7, 11) is 1.68. The Kier molecular flexibility index (Phi) is 5.93. The number of likely N-dealkylation sites (tertiary alicyclic amines) is 1. The molecule has 6 heteroatoms. The number of imidazole rings is 1. The molecule has 1 amide bonds. The third-order valence-corrected chi connectivity index (χ3v) is 4.65. The average molecular weight is 342 g/mol. The number of amides is 1. The molecule has 0 unspecified atom stereocenters. The van der Waals surface area contributed by atoms with Gasteiger partial charge in [0.05, 0.1) is 13.4 Å². The minimum absolute atomic E-state index is 0.264. The molecule has 1 saturated heterocycles. The second kappa shape index (κ2) is 8.55. The highest BCUT2D eigenvalue weighted by molar-refractivity contribution is 5.76. The molecule has 2 aromatic rings. The zero-order valence-corrected chi connectivity index (χ0v) is 14.7. The lowest BCUT2D eigenvalue weighted by atomic mass is 10.0. The number of nitrogens with zero attached hydrogens (tertiary/aromatic N) is 3. The molecule has 1 aromatic heterocycles. The van der Waals surface area contributed by atoms with Gasteiger partial charge in [-0.15, -0.1) is 0 Å². The van der Waals surface area contributed by atoms with Gasteiger partial charge in [-0.3, -0.25) is 4.79 Å². The van der Waals surface area contributed by atoms with E-state index in [0.29, 0.717) is 12.5 Å². The van der Waals surface area contributed by atoms with Crippen LogP contribution in [0, 0.1) is 0 Å². The molecule has 0 spiro atoms. The lowest BCUT2D eigenvalue weighted by Crippen LogP contribution is -2.42. The standard InChI is InChI=1S/C19H26N4O2/c1-25-18-5-2-4-17(14-18)21-16-7-11-23(12-8-16)19(24)6-3-10-22-13-9-20-15-22/h2,4-5,9,13-16,21H,3,6-8,10-12H2,1H3. The highest BCUT2D eigenvalue weighted by Crippen LogP contribution is 2.21. The number of anilines is 1. The zero-order chi connectivity index (χ0) is 17.5. The van der Waals surface area contributed by atoms with Gasteiger partial charge < -0.3 is 19.5 Å². The summed E-state index contributed by atoms with van der Waals surface area (Å²) < 4.78 is 7.27.